The van der Waals surface area contributed by atoms with Gasteiger partial charge >= 0.3 is 0 Å². The first-order valence-electron chi connectivity index (χ1n) is 4.50. The SMILES string of the molecule is C[C@H](I)[C@@H](O)[C@H](C)c1ccccc1. The van der Waals surface area contributed by atoms with Gasteiger partial charge in [-0.05, 0) is 5.56 Å². The van der Waals surface area contributed by atoms with Crippen LogP contribution in [-0.4, -0.2) is 15.1 Å². The van der Waals surface area contributed by atoms with Crippen LogP contribution >= 0.6 is 22.6 Å². The summed E-state index contributed by atoms with van der Waals surface area (Å²) in [5, 5.41) is 9.84. The Kier molecular flexibility index (Phi) is 4.19. The molecule has 1 aromatic rings. The molecule has 1 rings (SSSR count). The van der Waals surface area contributed by atoms with Crippen LogP contribution in [-0.2, 0) is 0 Å². The van der Waals surface area contributed by atoms with Crippen molar-refractivity contribution in [3.05, 3.63) is 35.9 Å². The number of hydrogen-bond acceptors (Lipinski definition) is 1. The van der Waals surface area contributed by atoms with Crippen molar-refractivity contribution in [2.24, 2.45) is 0 Å². The molecule has 0 amide bonds. The first kappa shape index (κ1) is 11.0. The van der Waals surface area contributed by atoms with Crippen LogP contribution in [0.1, 0.15) is 25.3 Å². The Hall–Kier alpha value is -0.0900. The van der Waals surface area contributed by atoms with E-state index in [0.717, 1.165) is 0 Å². The van der Waals surface area contributed by atoms with Crippen LogP contribution < -0.4 is 0 Å². The highest BCUT2D eigenvalue weighted by atomic mass is 127. The Morgan fingerprint density at radius 3 is 2.15 bits per heavy atom. The third kappa shape index (κ3) is 2.95. The molecule has 0 unspecified atom stereocenters. The molecule has 0 bridgehead atoms. The summed E-state index contributed by atoms with van der Waals surface area (Å²) in [5.74, 6) is 0.216. The molecule has 0 heterocycles. The second-order valence-corrected chi connectivity index (χ2v) is 5.33. The molecule has 0 aliphatic carbocycles. The Morgan fingerprint density at radius 2 is 1.69 bits per heavy atom. The summed E-state index contributed by atoms with van der Waals surface area (Å²) >= 11 is 2.26. The number of alkyl halides is 1. The Morgan fingerprint density at radius 1 is 1.15 bits per heavy atom. The van der Waals surface area contributed by atoms with Gasteiger partial charge in [0.25, 0.3) is 0 Å². The van der Waals surface area contributed by atoms with Gasteiger partial charge in [-0.2, -0.15) is 0 Å². The van der Waals surface area contributed by atoms with Crippen molar-refractivity contribution < 1.29 is 5.11 Å². The van der Waals surface area contributed by atoms with Gasteiger partial charge in [0.2, 0.25) is 0 Å². The van der Waals surface area contributed by atoms with E-state index < -0.39 is 0 Å². The van der Waals surface area contributed by atoms with E-state index >= 15 is 0 Å². The minimum atomic E-state index is -0.261. The number of aliphatic hydroxyl groups excluding tert-OH is 1. The molecular formula is C11H15IO. The third-order valence-corrected chi connectivity index (χ3v) is 3.05. The molecule has 3 atom stereocenters. The molecule has 0 aliphatic rings. The predicted molar refractivity (Wildman–Crippen MR) is 64.3 cm³/mol. The van der Waals surface area contributed by atoms with Crippen molar-refractivity contribution in [2.75, 3.05) is 0 Å². The number of benzene rings is 1. The van der Waals surface area contributed by atoms with E-state index in [-0.39, 0.29) is 15.9 Å². The van der Waals surface area contributed by atoms with Crippen LogP contribution in [0.3, 0.4) is 0 Å². The monoisotopic (exact) mass is 290 g/mol. The largest absolute Gasteiger partial charge is 0.391 e. The van der Waals surface area contributed by atoms with Gasteiger partial charge in [-0.25, -0.2) is 0 Å². The zero-order valence-electron chi connectivity index (χ0n) is 7.94. The topological polar surface area (TPSA) is 20.2 Å². The normalized spacial score (nSPS) is 17.8. The van der Waals surface area contributed by atoms with Crippen molar-refractivity contribution in [3.8, 4) is 0 Å². The fourth-order valence-corrected chi connectivity index (χ4v) is 1.97. The summed E-state index contributed by atoms with van der Waals surface area (Å²) in [6.45, 7) is 4.10. The van der Waals surface area contributed by atoms with E-state index in [1.165, 1.54) is 5.56 Å². The van der Waals surface area contributed by atoms with Gasteiger partial charge in [-0.3, -0.25) is 0 Å². The van der Waals surface area contributed by atoms with E-state index in [1.54, 1.807) is 0 Å². The first-order chi connectivity index (χ1) is 6.13. The van der Waals surface area contributed by atoms with Gasteiger partial charge < -0.3 is 5.11 Å². The third-order valence-electron chi connectivity index (χ3n) is 2.31. The average Bonchev–Trinajstić information content (AvgIpc) is 2.17. The minimum absolute atomic E-state index is 0.216. The molecule has 0 spiro atoms. The van der Waals surface area contributed by atoms with Crippen molar-refractivity contribution in [3.63, 3.8) is 0 Å². The fourth-order valence-electron chi connectivity index (χ4n) is 1.35. The molecule has 1 aromatic carbocycles. The van der Waals surface area contributed by atoms with Gasteiger partial charge in [0, 0.05) is 9.84 Å². The zero-order valence-corrected chi connectivity index (χ0v) is 10.1. The quantitative estimate of drug-likeness (QED) is 0.670. The van der Waals surface area contributed by atoms with E-state index in [1.807, 2.05) is 25.1 Å². The summed E-state index contributed by atoms with van der Waals surface area (Å²) in [6.07, 6.45) is -0.261. The van der Waals surface area contributed by atoms with Crippen LogP contribution in [0.25, 0.3) is 0 Å². The lowest BCUT2D eigenvalue weighted by Gasteiger charge is -2.21. The average molecular weight is 290 g/mol. The van der Waals surface area contributed by atoms with Gasteiger partial charge in [0.1, 0.15) is 0 Å². The lowest BCUT2D eigenvalue weighted by atomic mass is 9.94. The summed E-state index contributed by atoms with van der Waals surface area (Å²) in [4.78, 5) is 0. The van der Waals surface area contributed by atoms with Crippen LogP contribution in [0.2, 0.25) is 0 Å². The molecule has 2 heteroatoms. The van der Waals surface area contributed by atoms with Crippen LogP contribution in [0.5, 0.6) is 0 Å². The maximum atomic E-state index is 9.84. The number of hydrogen-bond donors (Lipinski definition) is 1. The molecule has 0 aromatic heterocycles. The number of halogens is 1. The summed E-state index contributed by atoms with van der Waals surface area (Å²) in [6, 6.07) is 10.1. The van der Waals surface area contributed by atoms with E-state index in [4.69, 9.17) is 0 Å². The maximum absolute atomic E-state index is 9.84. The van der Waals surface area contributed by atoms with E-state index in [0.29, 0.717) is 0 Å². The molecule has 0 saturated heterocycles. The molecule has 0 saturated carbocycles. The second-order valence-electron chi connectivity index (χ2n) is 3.37. The molecule has 0 fully saturated rings. The number of rotatable bonds is 3. The zero-order chi connectivity index (χ0) is 9.84. The lowest BCUT2D eigenvalue weighted by Crippen LogP contribution is -2.23. The van der Waals surface area contributed by atoms with Crippen molar-refractivity contribution in [2.45, 2.75) is 29.8 Å². The summed E-state index contributed by atoms with van der Waals surface area (Å²) in [5.41, 5.74) is 1.21. The highest BCUT2D eigenvalue weighted by molar-refractivity contribution is 14.1. The molecule has 13 heavy (non-hydrogen) atoms. The second kappa shape index (κ2) is 4.96. The van der Waals surface area contributed by atoms with Gasteiger partial charge in [-0.1, -0.05) is 66.8 Å². The minimum Gasteiger partial charge on any atom is -0.391 e. The summed E-state index contributed by atoms with van der Waals surface area (Å²) < 4.78 is 0.285. The smallest absolute Gasteiger partial charge is 0.0720 e. The first-order valence-corrected chi connectivity index (χ1v) is 5.74. The maximum Gasteiger partial charge on any atom is 0.0720 e. The highest BCUT2D eigenvalue weighted by Crippen LogP contribution is 2.23. The summed E-state index contributed by atoms with van der Waals surface area (Å²) in [7, 11) is 0. The van der Waals surface area contributed by atoms with Crippen molar-refractivity contribution in [1.29, 1.82) is 0 Å². The predicted octanol–water partition coefficient (Wildman–Crippen LogP) is 2.97. The van der Waals surface area contributed by atoms with Crippen molar-refractivity contribution >= 4 is 22.6 Å². The van der Waals surface area contributed by atoms with Crippen LogP contribution in [0, 0.1) is 0 Å². The van der Waals surface area contributed by atoms with E-state index in [2.05, 4.69) is 41.6 Å². The highest BCUT2D eigenvalue weighted by Gasteiger charge is 2.19. The standard InChI is InChI=1S/C11H15IO/c1-8(11(13)9(2)12)10-6-4-3-5-7-10/h3-9,11,13H,1-2H3/t8-,9+,11+/m1/s1. The lowest BCUT2D eigenvalue weighted by molar-refractivity contribution is 0.155. The van der Waals surface area contributed by atoms with Crippen molar-refractivity contribution in [1.82, 2.24) is 0 Å². The molecular weight excluding hydrogens is 275 g/mol. The molecule has 0 aliphatic heterocycles. The van der Waals surface area contributed by atoms with Crippen LogP contribution in [0.15, 0.2) is 30.3 Å². The number of aliphatic hydroxyl groups is 1. The Balaban J connectivity index is 2.73. The van der Waals surface area contributed by atoms with Crippen LogP contribution in [0.4, 0.5) is 0 Å². The van der Waals surface area contributed by atoms with E-state index in [9.17, 15) is 5.11 Å². The fraction of sp³-hybridized carbons (Fsp3) is 0.455. The molecule has 72 valence electrons. The van der Waals surface area contributed by atoms with Gasteiger partial charge in [0.15, 0.2) is 0 Å². The molecule has 0 radical (unpaired) electrons. The van der Waals surface area contributed by atoms with Gasteiger partial charge in [-0.15, -0.1) is 0 Å². The Labute approximate surface area is 93.3 Å². The Bertz CT molecular complexity index is 246. The molecule has 1 nitrogen and oxygen atoms in total. The van der Waals surface area contributed by atoms with Gasteiger partial charge in [0.05, 0.1) is 6.10 Å². The molecule has 1 N–H and O–H groups in total.